The molecule has 0 spiro atoms. The zero-order valence-corrected chi connectivity index (χ0v) is 28.7. The van der Waals surface area contributed by atoms with Gasteiger partial charge < -0.3 is 0 Å². The van der Waals surface area contributed by atoms with Crippen molar-refractivity contribution in [1.29, 1.82) is 0 Å². The number of thiophene rings is 6. The van der Waals surface area contributed by atoms with E-state index in [1.807, 2.05) is 68.0 Å². The second-order valence-electron chi connectivity index (χ2n) is 7.32. The summed E-state index contributed by atoms with van der Waals surface area (Å²) >= 11 is 26.8. The van der Waals surface area contributed by atoms with E-state index in [-0.39, 0.29) is 0 Å². The summed E-state index contributed by atoms with van der Waals surface area (Å²) in [5.74, 6) is 0. The highest BCUT2D eigenvalue weighted by molar-refractivity contribution is 9.11. The maximum atomic E-state index is 3.96. The van der Waals surface area contributed by atoms with Crippen molar-refractivity contribution in [1.82, 2.24) is 0 Å². The largest absolute Gasteiger partial charge is 0.134 e. The first kappa shape index (κ1) is 24.7. The van der Waals surface area contributed by atoms with Crippen molar-refractivity contribution in [2.75, 3.05) is 0 Å². The minimum Gasteiger partial charge on any atom is -0.134 e. The third kappa shape index (κ3) is 3.90. The van der Waals surface area contributed by atoms with Gasteiger partial charge in [-0.3, -0.25) is 0 Å². The van der Waals surface area contributed by atoms with Crippen molar-refractivity contribution < 1.29 is 0 Å². The Hall–Kier alpha value is 0.380. The molecule has 0 saturated heterocycles. The summed E-state index contributed by atoms with van der Waals surface area (Å²) < 4.78 is 13.1. The molecule has 0 radical (unpaired) electrons. The molecule has 0 unspecified atom stereocenters. The Morgan fingerprint density at radius 1 is 0.500 bits per heavy atom. The summed E-state index contributed by atoms with van der Waals surface area (Å²) in [6.07, 6.45) is 8.51. The fourth-order valence-corrected chi connectivity index (χ4v) is 16.0. The van der Waals surface area contributed by atoms with Gasteiger partial charge in [0.05, 0.1) is 56.7 Å². The smallest absolute Gasteiger partial charge is 0.0651 e. The Morgan fingerprint density at radius 2 is 0.882 bits per heavy atom. The zero-order valence-electron chi connectivity index (χ0n) is 17.4. The summed E-state index contributed by atoms with van der Waals surface area (Å²) in [6.45, 7) is 4.12. The Morgan fingerprint density at radius 3 is 1.26 bits per heavy atom. The minimum atomic E-state index is 1.16. The fourth-order valence-electron chi connectivity index (χ4n) is 3.74. The maximum absolute atomic E-state index is 3.96. The van der Waals surface area contributed by atoms with Gasteiger partial charge in [0.2, 0.25) is 0 Å². The average molecular weight is 812 g/mol. The highest BCUT2D eigenvalue weighted by Gasteiger charge is 2.25. The van der Waals surface area contributed by atoms with Crippen LogP contribution >= 0.6 is 132 Å². The van der Waals surface area contributed by atoms with Gasteiger partial charge in [-0.1, -0.05) is 12.2 Å². The first-order valence-corrected chi connectivity index (χ1v) is 18.1. The summed E-state index contributed by atoms with van der Waals surface area (Å²) in [7, 11) is 0. The first-order chi connectivity index (χ1) is 16.4. The van der Waals surface area contributed by atoms with Gasteiger partial charge in [0, 0.05) is 18.7 Å². The lowest BCUT2D eigenvalue weighted by Gasteiger charge is -1.95. The molecule has 172 valence electrons. The standard InChI is InChI=1S/C24H12Br4S6/c1-3-5-9-7-11(25)15(29-9)17-13(27)19-21(31-17)23-24(33-19)22-20(34-23)14(28)18(32-22)16-12(26)8-10(30-16)6-4-2/h3-8H,1-2H3/b5-3+,6-4+. The molecular formula is C24H12Br4S6. The number of halogens is 4. The van der Waals surface area contributed by atoms with Crippen LogP contribution in [0.2, 0.25) is 0 Å². The predicted molar refractivity (Wildman–Crippen MR) is 177 cm³/mol. The van der Waals surface area contributed by atoms with Crippen LogP contribution in [0.1, 0.15) is 23.6 Å². The van der Waals surface area contributed by atoms with Crippen LogP contribution in [0.25, 0.3) is 59.9 Å². The van der Waals surface area contributed by atoms with E-state index >= 15 is 0 Å². The van der Waals surface area contributed by atoms with Gasteiger partial charge in [-0.15, -0.1) is 68.0 Å². The molecule has 0 aliphatic rings. The van der Waals surface area contributed by atoms with E-state index in [4.69, 9.17) is 0 Å². The Labute approximate surface area is 254 Å². The van der Waals surface area contributed by atoms with E-state index in [0.29, 0.717) is 0 Å². The van der Waals surface area contributed by atoms with Crippen LogP contribution in [0.5, 0.6) is 0 Å². The lowest BCUT2D eigenvalue weighted by atomic mass is 10.3. The topological polar surface area (TPSA) is 0 Å². The van der Waals surface area contributed by atoms with Crippen LogP contribution in [-0.2, 0) is 0 Å². The van der Waals surface area contributed by atoms with Gasteiger partial charge in [-0.05, 0) is 102 Å². The van der Waals surface area contributed by atoms with Crippen LogP contribution in [0, 0.1) is 0 Å². The van der Waals surface area contributed by atoms with Crippen LogP contribution < -0.4 is 0 Å². The van der Waals surface area contributed by atoms with Crippen LogP contribution in [0.15, 0.2) is 42.2 Å². The van der Waals surface area contributed by atoms with Crippen LogP contribution in [-0.4, -0.2) is 0 Å². The van der Waals surface area contributed by atoms with E-state index in [0.717, 1.165) is 8.95 Å². The van der Waals surface area contributed by atoms with Crippen molar-refractivity contribution in [3.05, 3.63) is 51.9 Å². The molecule has 10 heteroatoms. The SMILES string of the molecule is C/C=C/c1cc(Br)c(-c2sc3c(sc4c5sc(-c6sc(/C=C/C)cc6Br)c(Br)c5sc34)c2Br)s1. The van der Waals surface area contributed by atoms with Crippen molar-refractivity contribution in [3.8, 4) is 19.5 Å². The molecule has 6 rings (SSSR count). The second kappa shape index (κ2) is 9.60. The van der Waals surface area contributed by atoms with Gasteiger partial charge in [0.1, 0.15) is 0 Å². The van der Waals surface area contributed by atoms with E-state index in [2.05, 4.69) is 114 Å². The maximum Gasteiger partial charge on any atom is 0.0651 e. The normalized spacial score (nSPS) is 12.8. The minimum absolute atomic E-state index is 1.16. The molecule has 6 heterocycles. The molecule has 6 aromatic rings. The molecule has 0 amide bonds. The summed E-state index contributed by atoms with van der Waals surface area (Å²) in [4.78, 5) is 7.75. The van der Waals surface area contributed by atoms with Crippen molar-refractivity contribution in [2.24, 2.45) is 0 Å². The summed E-state index contributed by atoms with van der Waals surface area (Å²) in [5, 5.41) is 0. The molecule has 0 aromatic carbocycles. The molecule has 0 fully saturated rings. The molecule has 6 aromatic heterocycles. The van der Waals surface area contributed by atoms with Crippen molar-refractivity contribution in [2.45, 2.75) is 13.8 Å². The molecule has 0 bridgehead atoms. The molecule has 0 aliphatic heterocycles. The molecule has 0 atom stereocenters. The zero-order chi connectivity index (χ0) is 23.7. The first-order valence-electron chi connectivity index (χ1n) is 10.0. The Bertz CT molecular complexity index is 1650. The summed E-state index contributed by atoms with van der Waals surface area (Å²) in [6, 6.07) is 4.42. The number of allylic oxidation sites excluding steroid dienone is 2. The van der Waals surface area contributed by atoms with Gasteiger partial charge in [0.25, 0.3) is 0 Å². The van der Waals surface area contributed by atoms with E-state index in [1.54, 1.807) is 0 Å². The highest BCUT2D eigenvalue weighted by Crippen LogP contribution is 2.59. The van der Waals surface area contributed by atoms with Gasteiger partial charge in [0.15, 0.2) is 0 Å². The average Bonchev–Trinajstić information content (AvgIpc) is 3.60. The molecule has 0 aliphatic carbocycles. The van der Waals surface area contributed by atoms with Gasteiger partial charge in [-0.25, -0.2) is 0 Å². The number of hydrogen-bond acceptors (Lipinski definition) is 6. The third-order valence-electron chi connectivity index (χ3n) is 5.13. The van der Waals surface area contributed by atoms with E-state index in [9.17, 15) is 0 Å². The molecule has 0 N–H and O–H groups in total. The van der Waals surface area contributed by atoms with E-state index in [1.165, 1.54) is 66.4 Å². The second-order valence-corrected chi connectivity index (χ2v) is 16.9. The summed E-state index contributed by atoms with van der Waals surface area (Å²) in [5.41, 5.74) is 0. The van der Waals surface area contributed by atoms with Gasteiger partial charge in [-0.2, -0.15) is 0 Å². The lowest BCUT2D eigenvalue weighted by molar-refractivity contribution is 1.77. The number of fused-ring (bicyclic) bond motifs is 5. The van der Waals surface area contributed by atoms with E-state index < -0.39 is 0 Å². The molecular weight excluding hydrogens is 800 g/mol. The number of rotatable bonds is 4. The van der Waals surface area contributed by atoms with Crippen LogP contribution in [0.3, 0.4) is 0 Å². The molecule has 0 saturated carbocycles. The molecule has 34 heavy (non-hydrogen) atoms. The Kier molecular flexibility index (Phi) is 6.97. The van der Waals surface area contributed by atoms with Crippen LogP contribution in [0.4, 0.5) is 0 Å². The monoisotopic (exact) mass is 808 g/mol. The quantitative estimate of drug-likeness (QED) is 0.166. The fraction of sp³-hybridized carbons (Fsp3) is 0.0833. The van der Waals surface area contributed by atoms with Crippen molar-refractivity contribution in [3.63, 3.8) is 0 Å². The Balaban J connectivity index is 1.52. The lowest BCUT2D eigenvalue weighted by Crippen LogP contribution is -1.66. The third-order valence-corrected chi connectivity index (χ3v) is 17.6. The molecule has 0 nitrogen and oxygen atoms in total. The van der Waals surface area contributed by atoms with Crippen molar-refractivity contribution >= 4 is 172 Å². The highest BCUT2D eigenvalue weighted by atomic mass is 79.9. The number of hydrogen-bond donors (Lipinski definition) is 0. The van der Waals surface area contributed by atoms with Gasteiger partial charge >= 0.3 is 0 Å². The predicted octanol–water partition coefficient (Wildman–Crippen LogP) is 14.0.